The largest absolute Gasteiger partial charge is 0.486 e. The van der Waals surface area contributed by atoms with Gasteiger partial charge < -0.3 is 14.8 Å². The van der Waals surface area contributed by atoms with E-state index in [1.54, 1.807) is 0 Å². The Hall–Kier alpha value is -1.27. The van der Waals surface area contributed by atoms with Crippen molar-refractivity contribution in [2.45, 2.75) is 32.2 Å². The van der Waals surface area contributed by atoms with E-state index in [4.69, 9.17) is 9.47 Å². The maximum atomic E-state index is 12.3. The maximum Gasteiger partial charge on any atom is 0.238 e. The summed E-state index contributed by atoms with van der Waals surface area (Å²) in [6.45, 7) is 4.71. The summed E-state index contributed by atoms with van der Waals surface area (Å²) >= 11 is 3.48. The molecule has 1 amide bonds. The molecule has 2 aliphatic rings. The lowest BCUT2D eigenvalue weighted by Gasteiger charge is -2.32. The predicted molar refractivity (Wildman–Crippen MR) is 88.6 cm³/mol. The molecule has 0 radical (unpaired) electrons. The number of halogens is 1. The van der Waals surface area contributed by atoms with E-state index in [1.807, 2.05) is 12.1 Å². The van der Waals surface area contributed by atoms with E-state index in [2.05, 4.69) is 33.1 Å². The highest BCUT2D eigenvalue weighted by atomic mass is 79.9. The molecule has 0 aromatic heterocycles. The van der Waals surface area contributed by atoms with Gasteiger partial charge in [-0.25, -0.2) is 0 Å². The zero-order valence-electron chi connectivity index (χ0n) is 12.7. The summed E-state index contributed by atoms with van der Waals surface area (Å²) in [6.07, 6.45) is 3.60. The molecule has 1 aromatic rings. The molecule has 22 heavy (non-hydrogen) atoms. The molecule has 0 saturated carbocycles. The van der Waals surface area contributed by atoms with Gasteiger partial charge in [-0.3, -0.25) is 9.69 Å². The van der Waals surface area contributed by atoms with E-state index in [1.165, 1.54) is 19.3 Å². The van der Waals surface area contributed by atoms with Crippen LogP contribution in [0.2, 0.25) is 0 Å². The lowest BCUT2D eigenvalue weighted by molar-refractivity contribution is -0.118. The normalized spacial score (nSPS) is 21.5. The molecule has 3 rings (SSSR count). The number of hydrogen-bond acceptors (Lipinski definition) is 4. The summed E-state index contributed by atoms with van der Waals surface area (Å²) in [5.41, 5.74) is 0.721. The van der Waals surface area contributed by atoms with Gasteiger partial charge in [0.1, 0.15) is 13.2 Å². The minimum absolute atomic E-state index is 0.00567. The van der Waals surface area contributed by atoms with Crippen molar-refractivity contribution in [2.75, 3.05) is 31.6 Å². The first-order chi connectivity index (χ1) is 10.6. The Balaban J connectivity index is 1.66. The molecule has 1 atom stereocenters. The van der Waals surface area contributed by atoms with Crippen LogP contribution >= 0.6 is 15.9 Å². The molecule has 6 heteroatoms. The van der Waals surface area contributed by atoms with Crippen molar-refractivity contribution >= 4 is 27.5 Å². The smallest absolute Gasteiger partial charge is 0.238 e. The number of piperidine rings is 1. The number of rotatable bonds is 3. The maximum absolute atomic E-state index is 12.3. The van der Waals surface area contributed by atoms with Gasteiger partial charge in [-0.15, -0.1) is 0 Å². The highest BCUT2D eigenvalue weighted by molar-refractivity contribution is 9.10. The number of fused-ring (bicyclic) bond motifs is 1. The van der Waals surface area contributed by atoms with Gasteiger partial charge in [-0.2, -0.15) is 0 Å². The molecule has 1 saturated heterocycles. The number of benzene rings is 1. The van der Waals surface area contributed by atoms with Gasteiger partial charge in [0.05, 0.1) is 12.2 Å². The van der Waals surface area contributed by atoms with Crippen LogP contribution in [0.3, 0.4) is 0 Å². The highest BCUT2D eigenvalue weighted by Crippen LogP contribution is 2.38. The summed E-state index contributed by atoms with van der Waals surface area (Å²) in [5, 5.41) is 2.97. The van der Waals surface area contributed by atoms with Crippen LogP contribution in [0.4, 0.5) is 5.69 Å². The first-order valence-corrected chi connectivity index (χ1v) is 8.56. The summed E-state index contributed by atoms with van der Waals surface area (Å²) in [4.78, 5) is 14.5. The van der Waals surface area contributed by atoms with Crippen LogP contribution in [-0.2, 0) is 4.79 Å². The second kappa shape index (κ2) is 6.87. The topological polar surface area (TPSA) is 50.8 Å². The Labute approximate surface area is 139 Å². The van der Waals surface area contributed by atoms with Crippen molar-refractivity contribution in [2.24, 2.45) is 0 Å². The second-order valence-electron chi connectivity index (χ2n) is 5.84. The van der Waals surface area contributed by atoms with E-state index in [0.29, 0.717) is 37.3 Å². The SMILES string of the molecule is CC1CCCCN1CC(=O)Nc1cc2c(cc1Br)OCCO2. The van der Waals surface area contributed by atoms with Gasteiger partial charge in [0.15, 0.2) is 11.5 Å². The first-order valence-electron chi connectivity index (χ1n) is 7.76. The van der Waals surface area contributed by atoms with Crippen LogP contribution < -0.4 is 14.8 Å². The monoisotopic (exact) mass is 368 g/mol. The molecular weight excluding hydrogens is 348 g/mol. The number of amides is 1. The minimum Gasteiger partial charge on any atom is -0.486 e. The van der Waals surface area contributed by atoms with Crippen LogP contribution in [0.15, 0.2) is 16.6 Å². The number of carbonyl (C=O) groups excluding carboxylic acids is 1. The fraction of sp³-hybridized carbons (Fsp3) is 0.562. The molecule has 0 bridgehead atoms. The number of ether oxygens (including phenoxy) is 2. The van der Waals surface area contributed by atoms with Crippen molar-refractivity contribution in [1.29, 1.82) is 0 Å². The Morgan fingerprint density at radius 3 is 2.77 bits per heavy atom. The third kappa shape index (κ3) is 3.55. The van der Waals surface area contributed by atoms with Gasteiger partial charge in [0.25, 0.3) is 0 Å². The second-order valence-corrected chi connectivity index (χ2v) is 6.69. The van der Waals surface area contributed by atoms with Gasteiger partial charge in [-0.1, -0.05) is 6.42 Å². The number of anilines is 1. The van der Waals surface area contributed by atoms with Gasteiger partial charge >= 0.3 is 0 Å². The standard InChI is InChI=1S/C16H21BrN2O3/c1-11-4-2-3-5-19(11)10-16(20)18-13-9-15-14(8-12(13)17)21-6-7-22-15/h8-9,11H,2-7,10H2,1H3,(H,18,20). The Kier molecular flexibility index (Phi) is 4.88. The molecule has 2 heterocycles. The van der Waals surface area contributed by atoms with Gasteiger partial charge in [0, 0.05) is 22.6 Å². The molecule has 1 aromatic carbocycles. The molecule has 120 valence electrons. The fourth-order valence-corrected chi connectivity index (χ4v) is 3.35. The summed E-state index contributed by atoms with van der Waals surface area (Å²) in [5.74, 6) is 1.39. The average Bonchev–Trinajstić information content (AvgIpc) is 2.50. The highest BCUT2D eigenvalue weighted by Gasteiger charge is 2.21. The molecule has 2 aliphatic heterocycles. The molecule has 1 fully saturated rings. The third-order valence-electron chi connectivity index (χ3n) is 4.19. The van der Waals surface area contributed by atoms with Crippen LogP contribution in [-0.4, -0.2) is 43.2 Å². The number of likely N-dealkylation sites (tertiary alicyclic amines) is 1. The van der Waals surface area contributed by atoms with Crippen molar-refractivity contribution in [3.05, 3.63) is 16.6 Å². The molecule has 0 spiro atoms. The van der Waals surface area contributed by atoms with Crippen molar-refractivity contribution in [3.8, 4) is 11.5 Å². The van der Waals surface area contributed by atoms with Crippen LogP contribution in [0.1, 0.15) is 26.2 Å². The lowest BCUT2D eigenvalue weighted by atomic mass is 10.0. The van der Waals surface area contributed by atoms with Crippen LogP contribution in [0, 0.1) is 0 Å². The zero-order chi connectivity index (χ0) is 15.5. The number of carbonyl (C=O) groups is 1. The quantitative estimate of drug-likeness (QED) is 0.890. The zero-order valence-corrected chi connectivity index (χ0v) is 14.3. The van der Waals surface area contributed by atoms with E-state index in [9.17, 15) is 4.79 Å². The van der Waals surface area contributed by atoms with E-state index >= 15 is 0 Å². The number of nitrogens with one attached hydrogen (secondary N) is 1. The average molecular weight is 369 g/mol. The number of hydrogen-bond donors (Lipinski definition) is 1. The molecular formula is C16H21BrN2O3. The Morgan fingerprint density at radius 1 is 1.32 bits per heavy atom. The first kappa shape index (κ1) is 15.6. The molecule has 1 N–H and O–H groups in total. The van der Waals surface area contributed by atoms with Gasteiger partial charge in [-0.05, 0) is 42.2 Å². The fourth-order valence-electron chi connectivity index (χ4n) is 2.93. The Bertz CT molecular complexity index is 565. The minimum atomic E-state index is 0.00567. The predicted octanol–water partition coefficient (Wildman–Crippen LogP) is 3.03. The lowest BCUT2D eigenvalue weighted by Crippen LogP contribution is -2.42. The summed E-state index contributed by atoms with van der Waals surface area (Å²) in [7, 11) is 0. The van der Waals surface area contributed by atoms with Crippen molar-refractivity contribution in [3.63, 3.8) is 0 Å². The third-order valence-corrected chi connectivity index (χ3v) is 4.85. The van der Waals surface area contributed by atoms with Crippen LogP contribution in [0.25, 0.3) is 0 Å². The number of nitrogens with zero attached hydrogens (tertiary/aromatic N) is 1. The molecule has 5 nitrogen and oxygen atoms in total. The summed E-state index contributed by atoms with van der Waals surface area (Å²) < 4.78 is 11.9. The van der Waals surface area contributed by atoms with Crippen molar-refractivity contribution in [1.82, 2.24) is 4.90 Å². The van der Waals surface area contributed by atoms with E-state index in [0.717, 1.165) is 16.7 Å². The molecule has 0 aliphatic carbocycles. The van der Waals surface area contributed by atoms with Crippen molar-refractivity contribution < 1.29 is 14.3 Å². The van der Waals surface area contributed by atoms with Crippen LogP contribution in [0.5, 0.6) is 11.5 Å². The van der Waals surface area contributed by atoms with E-state index < -0.39 is 0 Å². The molecule has 1 unspecified atom stereocenters. The summed E-state index contributed by atoms with van der Waals surface area (Å²) in [6, 6.07) is 4.13. The Morgan fingerprint density at radius 2 is 2.05 bits per heavy atom. The van der Waals surface area contributed by atoms with Gasteiger partial charge in [0.2, 0.25) is 5.91 Å². The van der Waals surface area contributed by atoms with E-state index in [-0.39, 0.29) is 5.91 Å².